The Balaban J connectivity index is 1.94. The van der Waals surface area contributed by atoms with Gasteiger partial charge in [0.1, 0.15) is 0 Å². The molecule has 0 aliphatic carbocycles. The van der Waals surface area contributed by atoms with E-state index in [1.807, 2.05) is 6.92 Å². The number of benzene rings is 1. The average molecular weight is 478 g/mol. The Morgan fingerprint density at radius 3 is 2.34 bits per heavy atom. The van der Waals surface area contributed by atoms with Crippen LogP contribution in [0.2, 0.25) is 0 Å². The van der Waals surface area contributed by atoms with Gasteiger partial charge in [0.25, 0.3) is 16.0 Å². The number of thiophene rings is 1. The Labute approximate surface area is 191 Å². The van der Waals surface area contributed by atoms with E-state index in [0.29, 0.717) is 10.7 Å². The molecule has 2 heterocycles. The van der Waals surface area contributed by atoms with Crippen molar-refractivity contribution in [3.63, 3.8) is 0 Å². The van der Waals surface area contributed by atoms with Gasteiger partial charge in [-0.2, -0.15) is 8.42 Å². The fourth-order valence-electron chi connectivity index (χ4n) is 3.76. The number of anilines is 3. The number of amides is 1. The van der Waals surface area contributed by atoms with E-state index in [9.17, 15) is 18.0 Å². The number of nitrogens with one attached hydrogen (secondary N) is 1. The number of hydrogen-bond donors (Lipinski definition) is 3. The molecule has 1 aromatic carbocycles. The normalized spacial score (nSPS) is 15.0. The lowest BCUT2D eigenvalue weighted by Crippen LogP contribution is -2.30. The molecule has 1 fully saturated rings. The average Bonchev–Trinajstić information content (AvgIpc) is 3.07. The molecule has 3 rings (SSSR count). The molecule has 4 N–H and O–H groups in total. The van der Waals surface area contributed by atoms with Gasteiger partial charge in [0.15, 0.2) is 5.78 Å². The fraction of sp³-hybridized carbons (Fsp3) is 0.364. The van der Waals surface area contributed by atoms with E-state index < -0.39 is 21.8 Å². The van der Waals surface area contributed by atoms with Crippen molar-refractivity contribution < 1.29 is 22.6 Å². The van der Waals surface area contributed by atoms with Gasteiger partial charge < -0.3 is 16.0 Å². The van der Waals surface area contributed by atoms with E-state index in [-0.39, 0.29) is 10.5 Å². The van der Waals surface area contributed by atoms with E-state index in [0.717, 1.165) is 48.5 Å². The topological polar surface area (TPSA) is 130 Å². The number of nitrogens with two attached hydrogens (primary N) is 1. The van der Waals surface area contributed by atoms with Gasteiger partial charge in [-0.15, -0.1) is 11.3 Å². The van der Waals surface area contributed by atoms with Crippen LogP contribution in [0.3, 0.4) is 0 Å². The minimum atomic E-state index is -4.33. The third-order valence-corrected chi connectivity index (χ3v) is 7.24. The number of rotatable bonds is 7. The van der Waals surface area contributed by atoms with Crippen LogP contribution in [-0.4, -0.2) is 37.8 Å². The van der Waals surface area contributed by atoms with Gasteiger partial charge in [-0.25, -0.2) is 0 Å². The molecular weight excluding hydrogens is 450 g/mol. The summed E-state index contributed by atoms with van der Waals surface area (Å²) in [4.78, 5) is 28.0. The highest BCUT2D eigenvalue weighted by atomic mass is 32.2. The molecule has 1 aromatic heterocycles. The molecule has 0 unspecified atom stereocenters. The fourth-order valence-corrected chi connectivity index (χ4v) is 5.37. The maximum Gasteiger partial charge on any atom is 0.294 e. The van der Waals surface area contributed by atoms with E-state index in [4.69, 9.17) is 10.3 Å². The Morgan fingerprint density at radius 2 is 1.81 bits per heavy atom. The molecule has 0 radical (unpaired) electrons. The molecule has 1 amide bonds. The predicted molar refractivity (Wildman–Crippen MR) is 128 cm³/mol. The maximum absolute atomic E-state index is 12.9. The summed E-state index contributed by atoms with van der Waals surface area (Å²) < 4.78 is 31.5. The Bertz CT molecular complexity index is 1140. The Hall–Kier alpha value is -2.69. The van der Waals surface area contributed by atoms with Crippen molar-refractivity contribution in [3.05, 3.63) is 40.3 Å². The van der Waals surface area contributed by atoms with Crippen LogP contribution in [0.4, 0.5) is 16.4 Å². The summed E-state index contributed by atoms with van der Waals surface area (Å²) in [5.41, 5.74) is 8.58. The summed E-state index contributed by atoms with van der Waals surface area (Å²) in [5.74, 6) is -1.00. The maximum atomic E-state index is 12.9. The van der Waals surface area contributed by atoms with Crippen LogP contribution in [0, 0.1) is 0 Å². The summed E-state index contributed by atoms with van der Waals surface area (Å²) in [6, 6.07) is 5.03. The van der Waals surface area contributed by atoms with Crippen LogP contribution < -0.4 is 16.0 Å². The third-order valence-electron chi connectivity index (χ3n) is 5.37. The molecule has 0 spiro atoms. The summed E-state index contributed by atoms with van der Waals surface area (Å²) in [6.07, 6.45) is 5.70. The Morgan fingerprint density at radius 1 is 1.19 bits per heavy atom. The standard InChI is InChI=1S/C22H27N3O5S2/c1-3-17-20(25-11-5-4-6-12-25)19(31-21(17)23)13-18(14(2)26)22(27)24-15-7-9-16(10-8-15)32(28,29)30/h7-10,13H,3-6,11-12,23H2,1-2H3,(H,24,27)(H,28,29,30). The molecule has 0 bridgehead atoms. The largest absolute Gasteiger partial charge is 0.390 e. The SMILES string of the molecule is CCc1c(N)sc(C=C(C(C)=O)C(=O)Nc2ccc(S(=O)(=O)O)cc2)c1N1CCCCC1. The van der Waals surface area contributed by atoms with E-state index in [1.54, 1.807) is 6.08 Å². The van der Waals surface area contributed by atoms with Gasteiger partial charge >= 0.3 is 0 Å². The van der Waals surface area contributed by atoms with Gasteiger partial charge in [-0.3, -0.25) is 14.1 Å². The van der Waals surface area contributed by atoms with Crippen molar-refractivity contribution in [2.24, 2.45) is 0 Å². The first kappa shape index (κ1) is 24.0. The van der Waals surface area contributed by atoms with Crippen molar-refractivity contribution in [1.82, 2.24) is 0 Å². The first-order chi connectivity index (χ1) is 15.1. The van der Waals surface area contributed by atoms with Crippen LogP contribution in [0.1, 0.15) is 43.6 Å². The summed E-state index contributed by atoms with van der Waals surface area (Å²) in [7, 11) is -4.33. The molecule has 8 nitrogen and oxygen atoms in total. The molecule has 1 aliphatic heterocycles. The number of nitrogens with zero attached hydrogens (tertiary/aromatic N) is 1. The molecule has 1 saturated heterocycles. The highest BCUT2D eigenvalue weighted by molar-refractivity contribution is 7.85. The van der Waals surface area contributed by atoms with Gasteiger partial charge in [-0.1, -0.05) is 6.92 Å². The summed E-state index contributed by atoms with van der Waals surface area (Å²) >= 11 is 1.37. The van der Waals surface area contributed by atoms with Crippen LogP contribution in [0.25, 0.3) is 6.08 Å². The van der Waals surface area contributed by atoms with Crippen LogP contribution >= 0.6 is 11.3 Å². The number of carbonyl (C=O) groups is 2. The zero-order valence-corrected chi connectivity index (χ0v) is 19.7. The van der Waals surface area contributed by atoms with Crippen LogP contribution in [-0.2, 0) is 26.1 Å². The summed E-state index contributed by atoms with van der Waals surface area (Å²) in [5, 5.41) is 3.30. The highest BCUT2D eigenvalue weighted by Crippen LogP contribution is 2.41. The summed E-state index contributed by atoms with van der Waals surface area (Å²) in [6.45, 7) is 5.18. The van der Waals surface area contributed by atoms with Gasteiger partial charge in [0.05, 0.1) is 26.0 Å². The van der Waals surface area contributed by atoms with Crippen LogP contribution in [0.5, 0.6) is 0 Å². The minimum absolute atomic E-state index is 0.0222. The first-order valence-corrected chi connectivity index (χ1v) is 12.6. The second kappa shape index (κ2) is 9.85. The van der Waals surface area contributed by atoms with Crippen molar-refractivity contribution in [3.8, 4) is 0 Å². The number of carbonyl (C=O) groups excluding carboxylic acids is 2. The van der Waals surface area contributed by atoms with E-state index in [1.165, 1.54) is 48.9 Å². The number of Topliss-reactive ketones (excluding diaryl/α,β-unsaturated/α-hetero) is 1. The highest BCUT2D eigenvalue weighted by Gasteiger charge is 2.24. The first-order valence-electron chi connectivity index (χ1n) is 10.4. The second-order valence-corrected chi connectivity index (χ2v) is 10.1. The van der Waals surface area contributed by atoms with Gasteiger partial charge in [-0.05, 0) is 62.9 Å². The van der Waals surface area contributed by atoms with E-state index in [2.05, 4.69) is 10.2 Å². The molecular formula is C22H27N3O5S2. The number of ketones is 1. The zero-order chi connectivity index (χ0) is 23.5. The lowest BCUT2D eigenvalue weighted by Gasteiger charge is -2.30. The molecule has 172 valence electrons. The molecule has 1 aliphatic rings. The quantitative estimate of drug-likeness (QED) is 0.240. The lowest BCUT2D eigenvalue weighted by molar-refractivity contribution is -0.118. The van der Waals surface area contributed by atoms with Crippen molar-refractivity contribution in [1.29, 1.82) is 0 Å². The molecule has 32 heavy (non-hydrogen) atoms. The third kappa shape index (κ3) is 5.37. The minimum Gasteiger partial charge on any atom is -0.390 e. The van der Waals surface area contributed by atoms with Crippen molar-refractivity contribution in [2.75, 3.05) is 29.0 Å². The predicted octanol–water partition coefficient (Wildman–Crippen LogP) is 3.74. The molecule has 10 heteroatoms. The number of nitrogen functional groups attached to an aromatic ring is 1. The monoisotopic (exact) mass is 477 g/mol. The zero-order valence-electron chi connectivity index (χ0n) is 18.1. The van der Waals surface area contributed by atoms with Crippen molar-refractivity contribution >= 4 is 55.6 Å². The molecule has 2 aromatic rings. The van der Waals surface area contributed by atoms with Crippen molar-refractivity contribution in [2.45, 2.75) is 44.4 Å². The molecule has 0 atom stereocenters. The number of piperidine rings is 1. The van der Waals surface area contributed by atoms with Gasteiger partial charge in [0.2, 0.25) is 0 Å². The van der Waals surface area contributed by atoms with Crippen LogP contribution in [0.15, 0.2) is 34.7 Å². The smallest absolute Gasteiger partial charge is 0.294 e. The lowest BCUT2D eigenvalue weighted by atomic mass is 10.0. The molecule has 0 saturated carbocycles. The van der Waals surface area contributed by atoms with Gasteiger partial charge in [0, 0.05) is 24.3 Å². The second-order valence-electron chi connectivity index (χ2n) is 7.63. The Kier molecular flexibility index (Phi) is 7.37. The van der Waals surface area contributed by atoms with E-state index >= 15 is 0 Å². The number of hydrogen-bond acceptors (Lipinski definition) is 7.